The average molecular weight is 410 g/mol. The van der Waals surface area contributed by atoms with Gasteiger partial charge < -0.3 is 20.3 Å². The molecule has 0 fully saturated rings. The Bertz CT molecular complexity index is 914. The Labute approximate surface area is 178 Å². The lowest BCUT2D eigenvalue weighted by Crippen LogP contribution is -2.44. The first kappa shape index (κ1) is 21.7. The van der Waals surface area contributed by atoms with Crippen LogP contribution in [0.1, 0.15) is 38.3 Å². The van der Waals surface area contributed by atoms with E-state index < -0.39 is 6.10 Å². The molecule has 2 N–H and O–H groups in total. The van der Waals surface area contributed by atoms with E-state index in [1.165, 1.54) is 10.5 Å². The third kappa shape index (κ3) is 5.32. The van der Waals surface area contributed by atoms with Gasteiger partial charge in [0.05, 0.1) is 12.2 Å². The van der Waals surface area contributed by atoms with Crippen molar-refractivity contribution in [3.8, 4) is 5.75 Å². The Morgan fingerprint density at radius 3 is 2.47 bits per heavy atom. The van der Waals surface area contributed by atoms with Gasteiger partial charge in [0.15, 0.2) is 6.10 Å². The molecule has 0 aromatic heterocycles. The highest BCUT2D eigenvalue weighted by Crippen LogP contribution is 2.32. The lowest BCUT2D eigenvalue weighted by Gasteiger charge is -2.28. The standard InChI is InChI=1S/C24H31N3O3/c1-24(2,3)17-9-6-16(7-10-17)8-13-22(28)26-18-11-12-20-19(14-18)25-15-21(30-20)23(29)27(4)5/h6-7,9-12,14,21,25H,8,13,15H2,1-5H3,(H,26,28). The normalized spacial score (nSPS) is 15.4. The summed E-state index contributed by atoms with van der Waals surface area (Å²) in [4.78, 5) is 26.0. The second kappa shape index (κ2) is 8.78. The second-order valence-corrected chi connectivity index (χ2v) is 8.93. The number of amides is 2. The van der Waals surface area contributed by atoms with Crippen molar-refractivity contribution in [1.82, 2.24) is 4.90 Å². The van der Waals surface area contributed by atoms with Gasteiger partial charge in [-0.15, -0.1) is 0 Å². The summed E-state index contributed by atoms with van der Waals surface area (Å²) in [6, 6.07) is 13.9. The van der Waals surface area contributed by atoms with E-state index in [4.69, 9.17) is 4.74 Å². The number of nitrogens with zero attached hydrogens (tertiary/aromatic N) is 1. The molecule has 0 saturated heterocycles. The number of nitrogens with one attached hydrogen (secondary N) is 2. The Hall–Kier alpha value is -3.02. The molecule has 0 saturated carbocycles. The highest BCUT2D eigenvalue weighted by molar-refractivity contribution is 5.92. The van der Waals surface area contributed by atoms with Gasteiger partial charge in [0.2, 0.25) is 5.91 Å². The highest BCUT2D eigenvalue weighted by atomic mass is 16.5. The van der Waals surface area contributed by atoms with E-state index in [1.54, 1.807) is 26.2 Å². The number of rotatable bonds is 5. The number of carbonyl (C=O) groups excluding carboxylic acids is 2. The molecule has 6 nitrogen and oxygen atoms in total. The summed E-state index contributed by atoms with van der Waals surface area (Å²) in [5, 5.41) is 6.15. The molecule has 3 rings (SSSR count). The van der Waals surface area contributed by atoms with Crippen molar-refractivity contribution >= 4 is 23.2 Å². The first-order valence-electron chi connectivity index (χ1n) is 10.3. The molecule has 1 heterocycles. The summed E-state index contributed by atoms with van der Waals surface area (Å²) in [5.41, 5.74) is 4.04. The van der Waals surface area contributed by atoms with Crippen LogP contribution in [0.2, 0.25) is 0 Å². The minimum absolute atomic E-state index is 0.0350. The van der Waals surface area contributed by atoms with E-state index in [2.05, 4.69) is 55.7 Å². The van der Waals surface area contributed by atoms with Gasteiger partial charge in [-0.1, -0.05) is 45.0 Å². The number of anilines is 2. The Morgan fingerprint density at radius 1 is 1.13 bits per heavy atom. The van der Waals surface area contributed by atoms with Crippen molar-refractivity contribution in [3.63, 3.8) is 0 Å². The van der Waals surface area contributed by atoms with Gasteiger partial charge in [0, 0.05) is 26.2 Å². The summed E-state index contributed by atoms with van der Waals surface area (Å²) in [5.74, 6) is 0.492. The van der Waals surface area contributed by atoms with Crippen molar-refractivity contribution < 1.29 is 14.3 Å². The zero-order valence-corrected chi connectivity index (χ0v) is 18.4. The molecule has 0 radical (unpaired) electrons. The Balaban J connectivity index is 1.54. The largest absolute Gasteiger partial charge is 0.477 e. The quantitative estimate of drug-likeness (QED) is 0.788. The number of aryl methyl sites for hydroxylation is 1. The van der Waals surface area contributed by atoms with Gasteiger partial charge in [0.25, 0.3) is 5.91 Å². The number of carbonyl (C=O) groups is 2. The maximum Gasteiger partial charge on any atom is 0.264 e. The molecular formula is C24H31N3O3. The van der Waals surface area contributed by atoms with E-state index >= 15 is 0 Å². The molecule has 30 heavy (non-hydrogen) atoms. The van der Waals surface area contributed by atoms with E-state index in [1.807, 2.05) is 6.07 Å². The molecule has 0 spiro atoms. The van der Waals surface area contributed by atoms with E-state index in [9.17, 15) is 9.59 Å². The maximum absolute atomic E-state index is 12.4. The smallest absolute Gasteiger partial charge is 0.264 e. The first-order chi connectivity index (χ1) is 14.1. The topological polar surface area (TPSA) is 70.7 Å². The molecule has 160 valence electrons. The van der Waals surface area contributed by atoms with E-state index in [0.29, 0.717) is 30.8 Å². The molecule has 6 heteroatoms. The number of hydrogen-bond acceptors (Lipinski definition) is 4. The number of ether oxygens (including phenoxy) is 1. The van der Waals surface area contributed by atoms with Gasteiger partial charge in [-0.05, 0) is 41.2 Å². The predicted molar refractivity (Wildman–Crippen MR) is 120 cm³/mol. The fraction of sp³-hybridized carbons (Fsp3) is 0.417. The number of hydrogen-bond donors (Lipinski definition) is 2. The van der Waals surface area contributed by atoms with Crippen molar-refractivity contribution in [2.75, 3.05) is 31.3 Å². The molecular weight excluding hydrogens is 378 g/mol. The zero-order chi connectivity index (χ0) is 21.9. The summed E-state index contributed by atoms with van der Waals surface area (Å²) >= 11 is 0. The van der Waals surface area contributed by atoms with Crippen LogP contribution in [0.5, 0.6) is 5.75 Å². The molecule has 0 bridgehead atoms. The van der Waals surface area contributed by atoms with Crippen LogP contribution in [0.3, 0.4) is 0 Å². The average Bonchev–Trinajstić information content (AvgIpc) is 2.71. The van der Waals surface area contributed by atoms with Gasteiger partial charge in [-0.2, -0.15) is 0 Å². The van der Waals surface area contributed by atoms with Gasteiger partial charge in [-0.3, -0.25) is 9.59 Å². The van der Waals surface area contributed by atoms with Crippen LogP contribution >= 0.6 is 0 Å². The fourth-order valence-corrected chi connectivity index (χ4v) is 3.32. The lowest BCUT2D eigenvalue weighted by atomic mass is 9.86. The van der Waals surface area contributed by atoms with Crippen LogP contribution < -0.4 is 15.4 Å². The SMILES string of the molecule is CN(C)C(=O)C1CNc2cc(NC(=O)CCc3ccc(C(C)(C)C)cc3)ccc2O1. The van der Waals surface area contributed by atoms with Crippen LogP contribution in [-0.4, -0.2) is 43.5 Å². The Kier molecular flexibility index (Phi) is 6.34. The van der Waals surface area contributed by atoms with Crippen molar-refractivity contribution in [2.24, 2.45) is 0 Å². The monoisotopic (exact) mass is 409 g/mol. The van der Waals surface area contributed by atoms with Crippen LogP contribution in [-0.2, 0) is 21.4 Å². The van der Waals surface area contributed by atoms with Crippen LogP contribution in [0, 0.1) is 0 Å². The predicted octanol–water partition coefficient (Wildman–Crippen LogP) is 3.82. The molecule has 2 aromatic rings. The third-order valence-corrected chi connectivity index (χ3v) is 5.19. The second-order valence-electron chi connectivity index (χ2n) is 8.93. The molecule has 1 atom stereocenters. The van der Waals surface area contributed by atoms with Gasteiger partial charge in [0.1, 0.15) is 5.75 Å². The summed E-state index contributed by atoms with van der Waals surface area (Å²) in [6.45, 7) is 6.96. The van der Waals surface area contributed by atoms with Crippen molar-refractivity contribution in [2.45, 2.75) is 45.1 Å². The van der Waals surface area contributed by atoms with Gasteiger partial charge >= 0.3 is 0 Å². The van der Waals surface area contributed by atoms with E-state index in [-0.39, 0.29) is 17.2 Å². The molecule has 2 aromatic carbocycles. The molecule has 1 aliphatic heterocycles. The lowest BCUT2D eigenvalue weighted by molar-refractivity contribution is -0.135. The van der Waals surface area contributed by atoms with Crippen LogP contribution in [0.15, 0.2) is 42.5 Å². The van der Waals surface area contributed by atoms with Crippen molar-refractivity contribution in [1.29, 1.82) is 0 Å². The highest BCUT2D eigenvalue weighted by Gasteiger charge is 2.27. The van der Waals surface area contributed by atoms with Gasteiger partial charge in [-0.25, -0.2) is 0 Å². The fourth-order valence-electron chi connectivity index (χ4n) is 3.32. The summed E-state index contributed by atoms with van der Waals surface area (Å²) in [7, 11) is 3.41. The number of fused-ring (bicyclic) bond motifs is 1. The minimum atomic E-state index is -0.544. The van der Waals surface area contributed by atoms with Crippen LogP contribution in [0.25, 0.3) is 0 Å². The number of likely N-dealkylation sites (N-methyl/N-ethyl adjacent to an activating group) is 1. The van der Waals surface area contributed by atoms with E-state index in [0.717, 1.165) is 11.3 Å². The first-order valence-corrected chi connectivity index (χ1v) is 10.3. The summed E-state index contributed by atoms with van der Waals surface area (Å²) in [6.07, 6.45) is 0.559. The summed E-state index contributed by atoms with van der Waals surface area (Å²) < 4.78 is 5.79. The molecule has 2 amide bonds. The van der Waals surface area contributed by atoms with Crippen molar-refractivity contribution in [3.05, 3.63) is 53.6 Å². The molecule has 1 aliphatic rings. The molecule has 1 unspecified atom stereocenters. The number of benzene rings is 2. The molecule has 0 aliphatic carbocycles. The van der Waals surface area contributed by atoms with Crippen LogP contribution in [0.4, 0.5) is 11.4 Å². The third-order valence-electron chi connectivity index (χ3n) is 5.19. The maximum atomic E-state index is 12.4. The zero-order valence-electron chi connectivity index (χ0n) is 18.4. The Morgan fingerprint density at radius 2 is 1.83 bits per heavy atom. The minimum Gasteiger partial charge on any atom is -0.477 e.